The van der Waals surface area contributed by atoms with Gasteiger partial charge < -0.3 is 0 Å². The highest BCUT2D eigenvalue weighted by molar-refractivity contribution is 7.91. The molecule has 1 aliphatic heterocycles. The van der Waals surface area contributed by atoms with Crippen molar-refractivity contribution in [1.82, 2.24) is 9.78 Å². The molecule has 0 bridgehead atoms. The zero-order chi connectivity index (χ0) is 21.9. The molecule has 6 rings (SSSR count). The van der Waals surface area contributed by atoms with Crippen molar-refractivity contribution < 1.29 is 18.0 Å². The maximum absolute atomic E-state index is 13.3. The molecular weight excluding hydrogens is 412 g/mol. The second-order valence-corrected chi connectivity index (χ2v) is 11.2. The van der Waals surface area contributed by atoms with E-state index in [9.17, 15) is 18.0 Å². The SMILES string of the molecule is Cc1nn(C(=O)c2ccc3c(c2)S(=O)(=O)c2ccccc2C3=O)c2c1[C@H]1[C@@H](C2)C1(C)C. The number of rotatable bonds is 1. The number of sulfone groups is 1. The molecule has 3 aromatic rings. The smallest absolute Gasteiger partial charge is 0.278 e. The number of fused-ring (bicyclic) bond motifs is 5. The first-order chi connectivity index (χ1) is 14.6. The van der Waals surface area contributed by atoms with Crippen molar-refractivity contribution in [2.75, 3.05) is 0 Å². The highest BCUT2D eigenvalue weighted by atomic mass is 32.2. The summed E-state index contributed by atoms with van der Waals surface area (Å²) in [6, 6.07) is 10.5. The summed E-state index contributed by atoms with van der Waals surface area (Å²) < 4.78 is 27.8. The lowest BCUT2D eigenvalue weighted by Gasteiger charge is -2.19. The van der Waals surface area contributed by atoms with Gasteiger partial charge in [-0.1, -0.05) is 26.0 Å². The Morgan fingerprint density at radius 2 is 1.81 bits per heavy atom. The van der Waals surface area contributed by atoms with Gasteiger partial charge in [-0.3, -0.25) is 9.59 Å². The molecule has 0 N–H and O–H groups in total. The Labute approximate surface area is 179 Å². The molecule has 1 saturated carbocycles. The Balaban J connectivity index is 1.46. The summed E-state index contributed by atoms with van der Waals surface area (Å²) in [4.78, 5) is 26.0. The quantitative estimate of drug-likeness (QED) is 0.459. The molecule has 31 heavy (non-hydrogen) atoms. The number of benzene rings is 2. The zero-order valence-electron chi connectivity index (χ0n) is 17.3. The summed E-state index contributed by atoms with van der Waals surface area (Å²) in [5.41, 5.74) is 3.66. The van der Waals surface area contributed by atoms with Crippen LogP contribution in [0, 0.1) is 18.3 Å². The summed E-state index contributed by atoms with van der Waals surface area (Å²) in [5.74, 6) is 0.240. The zero-order valence-corrected chi connectivity index (χ0v) is 18.2. The number of nitrogens with zero attached hydrogens (tertiary/aromatic N) is 2. The van der Waals surface area contributed by atoms with Crippen molar-refractivity contribution in [2.45, 2.75) is 42.9 Å². The number of hydrogen-bond acceptors (Lipinski definition) is 5. The lowest BCUT2D eigenvalue weighted by Crippen LogP contribution is -2.22. The summed E-state index contributed by atoms with van der Waals surface area (Å²) in [6.45, 7) is 6.41. The number of aryl methyl sites for hydroxylation is 1. The molecule has 7 heteroatoms. The molecule has 2 heterocycles. The minimum absolute atomic E-state index is 0.0183. The van der Waals surface area contributed by atoms with Crippen LogP contribution in [0.25, 0.3) is 0 Å². The molecule has 2 aliphatic carbocycles. The third-order valence-corrected chi connectivity index (χ3v) is 9.21. The molecule has 0 amide bonds. The summed E-state index contributed by atoms with van der Waals surface area (Å²) in [7, 11) is -3.90. The van der Waals surface area contributed by atoms with Crippen LogP contribution < -0.4 is 0 Å². The fourth-order valence-corrected chi connectivity index (χ4v) is 7.28. The Bertz CT molecular complexity index is 1460. The fraction of sp³-hybridized carbons (Fsp3) is 0.292. The molecular formula is C24H20N2O4S. The Morgan fingerprint density at radius 3 is 2.58 bits per heavy atom. The molecule has 1 aromatic heterocycles. The maximum Gasteiger partial charge on any atom is 0.278 e. The van der Waals surface area contributed by atoms with Crippen molar-refractivity contribution in [2.24, 2.45) is 11.3 Å². The van der Waals surface area contributed by atoms with E-state index in [1.165, 1.54) is 35.0 Å². The highest BCUT2D eigenvalue weighted by Gasteiger charge is 2.64. The van der Waals surface area contributed by atoms with Crippen molar-refractivity contribution in [3.63, 3.8) is 0 Å². The van der Waals surface area contributed by atoms with E-state index in [0.717, 1.165) is 23.4 Å². The van der Waals surface area contributed by atoms with E-state index in [1.54, 1.807) is 12.1 Å². The van der Waals surface area contributed by atoms with Crippen LogP contribution in [0.5, 0.6) is 0 Å². The maximum atomic E-state index is 13.3. The number of hydrogen-bond donors (Lipinski definition) is 0. The van der Waals surface area contributed by atoms with Crippen LogP contribution in [0.4, 0.5) is 0 Å². The van der Waals surface area contributed by atoms with Crippen LogP contribution in [0.1, 0.15) is 63.0 Å². The molecule has 1 fully saturated rings. The highest BCUT2D eigenvalue weighted by Crippen LogP contribution is 2.70. The second-order valence-electron chi connectivity index (χ2n) is 9.31. The van der Waals surface area contributed by atoms with Gasteiger partial charge in [-0.25, -0.2) is 13.1 Å². The van der Waals surface area contributed by atoms with Crippen LogP contribution in [-0.4, -0.2) is 29.9 Å². The van der Waals surface area contributed by atoms with Crippen LogP contribution in [0.3, 0.4) is 0 Å². The first kappa shape index (κ1) is 18.7. The van der Waals surface area contributed by atoms with Crippen molar-refractivity contribution in [1.29, 1.82) is 0 Å². The average Bonchev–Trinajstić information content (AvgIpc) is 3.06. The van der Waals surface area contributed by atoms with E-state index < -0.39 is 9.84 Å². The van der Waals surface area contributed by atoms with Crippen LogP contribution in [-0.2, 0) is 16.3 Å². The summed E-state index contributed by atoms with van der Waals surface area (Å²) >= 11 is 0. The largest absolute Gasteiger partial charge is 0.289 e. The van der Waals surface area contributed by atoms with E-state index >= 15 is 0 Å². The number of aromatic nitrogens is 2. The van der Waals surface area contributed by atoms with Gasteiger partial charge in [0.1, 0.15) is 0 Å². The second kappa shape index (κ2) is 5.59. The third kappa shape index (κ3) is 2.22. The van der Waals surface area contributed by atoms with Crippen molar-refractivity contribution in [3.8, 4) is 0 Å². The predicted octanol–water partition coefficient (Wildman–Crippen LogP) is 3.55. The van der Waals surface area contributed by atoms with E-state index in [1.807, 2.05) is 6.92 Å². The number of carbonyl (C=O) groups excluding carboxylic acids is 2. The van der Waals surface area contributed by atoms with Gasteiger partial charge in [-0.15, -0.1) is 0 Å². The monoisotopic (exact) mass is 432 g/mol. The number of ketones is 1. The van der Waals surface area contributed by atoms with Gasteiger partial charge in [0.15, 0.2) is 5.78 Å². The van der Waals surface area contributed by atoms with Gasteiger partial charge >= 0.3 is 0 Å². The third-order valence-electron chi connectivity index (χ3n) is 7.36. The Hall–Kier alpha value is -3.06. The molecule has 3 aliphatic rings. The molecule has 0 unspecified atom stereocenters. The molecule has 0 radical (unpaired) electrons. The van der Waals surface area contributed by atoms with Gasteiger partial charge in [0.2, 0.25) is 9.84 Å². The average molecular weight is 433 g/mol. The molecule has 2 aromatic carbocycles. The first-order valence-corrected chi connectivity index (χ1v) is 11.8. The normalized spacial score (nSPS) is 23.5. The summed E-state index contributed by atoms with van der Waals surface area (Å²) in [6.07, 6.45) is 0.800. The molecule has 2 atom stereocenters. The van der Waals surface area contributed by atoms with Crippen LogP contribution in [0.2, 0.25) is 0 Å². The Kier molecular flexibility index (Phi) is 3.37. The van der Waals surface area contributed by atoms with E-state index in [0.29, 0.717) is 11.8 Å². The van der Waals surface area contributed by atoms with Gasteiger partial charge in [0.25, 0.3) is 5.91 Å². The van der Waals surface area contributed by atoms with E-state index in [2.05, 4.69) is 18.9 Å². The summed E-state index contributed by atoms with van der Waals surface area (Å²) in [5, 5.41) is 4.50. The first-order valence-electron chi connectivity index (χ1n) is 10.3. The molecule has 156 valence electrons. The lowest BCUT2D eigenvalue weighted by molar-refractivity contribution is 0.0939. The minimum atomic E-state index is -3.90. The lowest BCUT2D eigenvalue weighted by atomic mass is 9.98. The standard InChI is InChI=1S/C24H20N2O4S/c1-12-20-17(11-16-21(20)24(16,2)3)26(25-12)23(28)13-8-9-15-19(10-13)31(29,30)18-7-5-4-6-14(18)22(15)27/h4-10,16,21H,11H2,1-3H3/t16-,21-/m1/s1. The van der Waals surface area contributed by atoms with Gasteiger partial charge in [-0.05, 0) is 60.9 Å². The number of carbonyl (C=O) groups is 2. The van der Waals surface area contributed by atoms with E-state index in [-0.39, 0.29) is 43.6 Å². The van der Waals surface area contributed by atoms with Gasteiger partial charge in [0.05, 0.1) is 21.2 Å². The topological polar surface area (TPSA) is 86.1 Å². The van der Waals surface area contributed by atoms with E-state index in [4.69, 9.17) is 0 Å². The molecule has 0 spiro atoms. The van der Waals surface area contributed by atoms with Gasteiger partial charge in [-0.2, -0.15) is 5.10 Å². The van der Waals surface area contributed by atoms with Crippen LogP contribution >= 0.6 is 0 Å². The fourth-order valence-electron chi connectivity index (χ4n) is 5.60. The van der Waals surface area contributed by atoms with Crippen molar-refractivity contribution in [3.05, 3.63) is 76.1 Å². The van der Waals surface area contributed by atoms with Crippen molar-refractivity contribution >= 4 is 21.5 Å². The van der Waals surface area contributed by atoms with Crippen LogP contribution in [0.15, 0.2) is 52.3 Å². The molecule has 6 nitrogen and oxygen atoms in total. The Morgan fingerprint density at radius 1 is 1.10 bits per heavy atom. The predicted molar refractivity (Wildman–Crippen MR) is 112 cm³/mol. The molecule has 0 saturated heterocycles. The van der Waals surface area contributed by atoms with Gasteiger partial charge in [0, 0.05) is 22.3 Å². The minimum Gasteiger partial charge on any atom is -0.289 e.